The number of hydrogen-bond acceptors (Lipinski definition) is 11. The number of nitrogens with zero attached hydrogens (tertiary/aromatic N) is 4. The van der Waals surface area contributed by atoms with Gasteiger partial charge in [0.1, 0.15) is 17.5 Å². The third kappa shape index (κ3) is 7.40. The summed E-state index contributed by atoms with van der Waals surface area (Å²) in [5, 5.41) is 1.01. The van der Waals surface area contributed by atoms with Gasteiger partial charge in [-0.15, -0.1) is 0 Å². The van der Waals surface area contributed by atoms with E-state index in [1.54, 1.807) is 49.8 Å². The van der Waals surface area contributed by atoms with Gasteiger partial charge >= 0.3 is 5.97 Å². The van der Waals surface area contributed by atoms with Gasteiger partial charge in [0.15, 0.2) is 15.7 Å². The molecule has 0 saturated heterocycles. The Morgan fingerprint density at radius 2 is 1.84 bits per heavy atom. The fourth-order valence-corrected chi connectivity index (χ4v) is 6.44. The minimum absolute atomic E-state index is 0.159. The van der Waals surface area contributed by atoms with Crippen LogP contribution in [-0.2, 0) is 32.4 Å². The molecular weight excluding hydrogens is 727 g/mol. The van der Waals surface area contributed by atoms with E-state index < -0.39 is 21.9 Å². The zero-order chi connectivity index (χ0) is 30.6. The lowest BCUT2D eigenvalue weighted by Gasteiger charge is -2.19. The number of hydrogen-bond donors (Lipinski definition) is 0. The molecule has 1 atom stereocenters. The van der Waals surface area contributed by atoms with Gasteiger partial charge in [0, 0.05) is 42.4 Å². The van der Waals surface area contributed by atoms with Crippen LogP contribution in [0.4, 0.5) is 0 Å². The Bertz CT molecular complexity index is 1890. The predicted octanol–water partition coefficient (Wildman–Crippen LogP) is 5.94. The lowest BCUT2D eigenvalue weighted by atomic mass is 10.1. The molecule has 0 fully saturated rings. The number of esters is 1. The van der Waals surface area contributed by atoms with Crippen molar-refractivity contribution in [1.82, 2.24) is 19.3 Å². The van der Waals surface area contributed by atoms with Crippen LogP contribution in [0.5, 0.6) is 11.6 Å². The number of para-hydroxylation sites is 1. The first-order chi connectivity index (χ1) is 20.6. The smallest absolute Gasteiger partial charge is 0.347 e. The summed E-state index contributed by atoms with van der Waals surface area (Å²) in [6, 6.07) is 13.8. The molecule has 10 nitrogen and oxygen atoms in total. The number of sulfone groups is 1. The molecule has 0 aliphatic heterocycles. The Balaban J connectivity index is 1.33. The molecule has 0 saturated carbocycles. The van der Waals surface area contributed by atoms with Crippen molar-refractivity contribution in [2.45, 2.75) is 31.0 Å². The maximum atomic E-state index is 13.0. The first kappa shape index (κ1) is 31.0. The van der Waals surface area contributed by atoms with Crippen LogP contribution >= 0.6 is 45.7 Å². The normalized spacial score (nSPS) is 12.2. The summed E-state index contributed by atoms with van der Waals surface area (Å²) in [5.41, 5.74) is 2.02. The minimum atomic E-state index is -3.36. The molecule has 0 aliphatic rings. The van der Waals surface area contributed by atoms with Crippen LogP contribution < -0.4 is 9.47 Å². The molecule has 0 radical (unpaired) electrons. The summed E-state index contributed by atoms with van der Waals surface area (Å²) < 4.78 is 47.3. The Hall–Kier alpha value is -3.40. The molecule has 3 aromatic heterocycles. The third-order valence-electron chi connectivity index (χ3n) is 6.18. The van der Waals surface area contributed by atoms with Crippen LogP contribution in [0.2, 0.25) is 5.15 Å². The molecular formula is C29H24ClIN4O6S2. The second-order valence-corrected chi connectivity index (χ2v) is 13.5. The molecule has 5 rings (SSSR count). The molecule has 222 valence electrons. The number of carbonyl (C=O) groups is 1. The summed E-state index contributed by atoms with van der Waals surface area (Å²) in [4.78, 5) is 26.1. The molecule has 5 aromatic rings. The van der Waals surface area contributed by atoms with Gasteiger partial charge < -0.3 is 14.2 Å². The Morgan fingerprint density at radius 3 is 2.58 bits per heavy atom. The number of halogens is 2. The summed E-state index contributed by atoms with van der Waals surface area (Å²) >= 11 is 9.51. The average Bonchev–Trinajstić information content (AvgIpc) is 3.41. The topological polar surface area (TPSA) is 130 Å². The SMILES string of the molecule is CCOC(=O)[C@@H](Cc1ccccc1OCc1cnc(-c2cccc(S(C)(=O)=O)c2)nc1)Oc1nsc2cnc(Cl)c(I)c12. The van der Waals surface area contributed by atoms with Gasteiger partial charge in [-0.25, -0.2) is 28.2 Å². The number of pyridine rings is 1. The molecule has 0 unspecified atom stereocenters. The van der Waals surface area contributed by atoms with Crippen LogP contribution in [0.15, 0.2) is 72.0 Å². The molecule has 0 amide bonds. The van der Waals surface area contributed by atoms with Crippen molar-refractivity contribution < 1.29 is 27.4 Å². The highest BCUT2D eigenvalue weighted by molar-refractivity contribution is 14.1. The Labute approximate surface area is 270 Å². The van der Waals surface area contributed by atoms with Gasteiger partial charge in [-0.2, -0.15) is 4.37 Å². The second kappa shape index (κ2) is 13.5. The molecule has 0 bridgehead atoms. The number of aromatic nitrogens is 4. The monoisotopic (exact) mass is 750 g/mol. The van der Waals surface area contributed by atoms with Gasteiger partial charge in [-0.05, 0) is 64.8 Å². The van der Waals surface area contributed by atoms with E-state index in [1.165, 1.54) is 17.6 Å². The van der Waals surface area contributed by atoms with Crippen molar-refractivity contribution in [1.29, 1.82) is 0 Å². The minimum Gasteiger partial charge on any atom is -0.489 e. The molecule has 0 N–H and O–H groups in total. The molecule has 3 heterocycles. The first-order valence-electron chi connectivity index (χ1n) is 12.9. The van der Waals surface area contributed by atoms with Crippen LogP contribution in [0.1, 0.15) is 18.1 Å². The maximum absolute atomic E-state index is 13.0. The summed E-state index contributed by atoms with van der Waals surface area (Å²) in [5.74, 6) is 0.697. The van der Waals surface area contributed by atoms with Crippen LogP contribution in [0.25, 0.3) is 21.5 Å². The molecule has 14 heteroatoms. The van der Waals surface area contributed by atoms with Gasteiger partial charge in [0.05, 0.1) is 25.2 Å². The molecule has 0 aliphatic carbocycles. The van der Waals surface area contributed by atoms with Crippen LogP contribution in [0.3, 0.4) is 0 Å². The standard InChI is InChI=1S/C29H24ClIN4O6S2/c1-3-39-29(36)22(41-28-24-23(42-35-28)15-32-26(30)25(24)31)12-18-7-4-5-10-21(18)40-16-17-13-33-27(34-14-17)19-8-6-9-20(11-19)43(2,37)38/h4-11,13-15,22H,3,12,16H2,1-2H3/t22-/m1/s1. The zero-order valence-corrected chi connectivity index (χ0v) is 27.4. The number of ether oxygens (including phenoxy) is 3. The lowest BCUT2D eigenvalue weighted by molar-refractivity contribution is -0.151. The highest BCUT2D eigenvalue weighted by atomic mass is 127. The lowest BCUT2D eigenvalue weighted by Crippen LogP contribution is -2.32. The fraction of sp³-hybridized carbons (Fsp3) is 0.207. The van der Waals surface area contributed by atoms with Gasteiger partial charge in [-0.3, -0.25) is 0 Å². The highest BCUT2D eigenvalue weighted by Gasteiger charge is 2.27. The fourth-order valence-electron chi connectivity index (χ4n) is 4.09. The van der Waals surface area contributed by atoms with E-state index >= 15 is 0 Å². The highest BCUT2D eigenvalue weighted by Crippen LogP contribution is 2.36. The number of benzene rings is 2. The number of carbonyl (C=O) groups excluding carboxylic acids is 1. The van der Waals surface area contributed by atoms with Crippen LogP contribution in [0, 0.1) is 3.57 Å². The van der Waals surface area contributed by atoms with E-state index in [9.17, 15) is 13.2 Å². The van der Waals surface area contributed by atoms with Crippen molar-refractivity contribution in [2.75, 3.05) is 12.9 Å². The van der Waals surface area contributed by atoms with Crippen molar-refractivity contribution >= 4 is 71.6 Å². The van der Waals surface area contributed by atoms with E-state index in [4.69, 9.17) is 25.8 Å². The summed E-state index contributed by atoms with van der Waals surface area (Å²) in [7, 11) is -3.36. The molecule has 2 aromatic carbocycles. The average molecular weight is 751 g/mol. The van der Waals surface area contributed by atoms with Crippen molar-refractivity contribution in [3.8, 4) is 23.0 Å². The van der Waals surface area contributed by atoms with Crippen molar-refractivity contribution in [3.05, 3.63) is 87.0 Å². The predicted molar refractivity (Wildman–Crippen MR) is 171 cm³/mol. The largest absolute Gasteiger partial charge is 0.489 e. The number of fused-ring (bicyclic) bond motifs is 1. The van der Waals surface area contributed by atoms with E-state index in [-0.39, 0.29) is 30.4 Å². The Morgan fingerprint density at radius 1 is 1.07 bits per heavy atom. The third-order valence-corrected chi connectivity index (χ3v) is 9.71. The van der Waals surface area contributed by atoms with Gasteiger partial charge in [0.2, 0.25) is 12.0 Å². The second-order valence-electron chi connectivity index (χ2n) is 9.26. The van der Waals surface area contributed by atoms with E-state index in [0.717, 1.165) is 16.5 Å². The Kier molecular flexibility index (Phi) is 9.74. The molecule has 0 spiro atoms. The quantitative estimate of drug-likeness (QED) is 0.0909. The van der Waals surface area contributed by atoms with Crippen molar-refractivity contribution in [2.24, 2.45) is 0 Å². The summed E-state index contributed by atoms with van der Waals surface area (Å²) in [6.45, 7) is 2.08. The summed E-state index contributed by atoms with van der Waals surface area (Å²) in [6.07, 6.45) is 5.19. The van der Waals surface area contributed by atoms with Crippen LogP contribution in [-0.4, -0.2) is 52.7 Å². The van der Waals surface area contributed by atoms with E-state index in [2.05, 4.69) is 41.9 Å². The zero-order valence-electron chi connectivity index (χ0n) is 22.9. The van der Waals surface area contributed by atoms with Crippen molar-refractivity contribution in [3.63, 3.8) is 0 Å². The van der Waals surface area contributed by atoms with Gasteiger partial charge in [-0.1, -0.05) is 41.9 Å². The number of rotatable bonds is 11. The van der Waals surface area contributed by atoms with E-state index in [1.807, 2.05) is 18.2 Å². The first-order valence-corrected chi connectivity index (χ1v) is 17.0. The van der Waals surface area contributed by atoms with Gasteiger partial charge in [0.25, 0.3) is 0 Å². The maximum Gasteiger partial charge on any atom is 0.347 e. The molecule has 43 heavy (non-hydrogen) atoms. The van der Waals surface area contributed by atoms with E-state index in [0.29, 0.717) is 36.8 Å².